The van der Waals surface area contributed by atoms with Crippen molar-refractivity contribution in [3.8, 4) is 17.0 Å². The van der Waals surface area contributed by atoms with Gasteiger partial charge in [-0.2, -0.15) is 5.10 Å². The predicted octanol–water partition coefficient (Wildman–Crippen LogP) is 3.16. The molecule has 100 valence electrons. The molecule has 0 saturated carbocycles. The summed E-state index contributed by atoms with van der Waals surface area (Å²) in [6.45, 7) is 3.85. The molecule has 6 heteroatoms. The van der Waals surface area contributed by atoms with Crippen molar-refractivity contribution >= 4 is 21.9 Å². The minimum atomic E-state index is -1.04. The van der Waals surface area contributed by atoms with Gasteiger partial charge in [0.1, 0.15) is 11.4 Å². The van der Waals surface area contributed by atoms with Crippen LogP contribution in [0, 0.1) is 13.8 Å². The summed E-state index contributed by atoms with van der Waals surface area (Å²) in [5, 5.41) is 15.5. The quantitative estimate of drug-likeness (QED) is 0.909. The largest absolute Gasteiger partial charge is 0.496 e. The molecule has 2 aromatic rings. The summed E-state index contributed by atoms with van der Waals surface area (Å²) >= 11 is 3.48. The molecule has 0 atom stereocenters. The third-order valence-corrected chi connectivity index (χ3v) is 3.75. The Morgan fingerprint density at radius 3 is 2.63 bits per heavy atom. The van der Waals surface area contributed by atoms with E-state index in [0.29, 0.717) is 11.4 Å². The van der Waals surface area contributed by atoms with Gasteiger partial charge in [-0.3, -0.25) is 5.10 Å². The predicted molar refractivity (Wildman–Crippen MR) is 74.7 cm³/mol. The van der Waals surface area contributed by atoms with Gasteiger partial charge in [0.2, 0.25) is 0 Å². The summed E-state index contributed by atoms with van der Waals surface area (Å²) in [6.07, 6.45) is 0. The van der Waals surface area contributed by atoms with Crippen molar-refractivity contribution in [2.24, 2.45) is 0 Å². The van der Waals surface area contributed by atoms with E-state index in [1.165, 1.54) is 6.07 Å². The second kappa shape index (κ2) is 5.05. The van der Waals surface area contributed by atoms with Crippen LogP contribution in [-0.4, -0.2) is 28.4 Å². The third-order valence-electron chi connectivity index (χ3n) is 2.93. The van der Waals surface area contributed by atoms with E-state index in [0.717, 1.165) is 21.2 Å². The Bertz CT molecular complexity index is 650. The molecule has 0 bridgehead atoms. The molecule has 0 spiro atoms. The molecule has 0 aliphatic carbocycles. The number of hydrogen-bond donors (Lipinski definition) is 2. The van der Waals surface area contributed by atoms with E-state index in [1.807, 2.05) is 19.9 Å². The molecule has 1 aromatic heterocycles. The number of carboxylic acids is 1. The molecule has 5 nitrogen and oxygen atoms in total. The molecular formula is C13H13BrN2O3. The number of aromatic carboxylic acids is 1. The number of nitrogens with one attached hydrogen (secondary N) is 1. The van der Waals surface area contributed by atoms with Crippen molar-refractivity contribution in [2.75, 3.05) is 7.11 Å². The normalized spacial score (nSPS) is 10.5. The zero-order chi connectivity index (χ0) is 14.2. The van der Waals surface area contributed by atoms with E-state index in [2.05, 4.69) is 26.1 Å². The molecule has 0 aliphatic heterocycles. The van der Waals surface area contributed by atoms with E-state index in [9.17, 15) is 4.79 Å². The van der Waals surface area contributed by atoms with Crippen LogP contribution in [0.1, 0.15) is 21.6 Å². The average molecular weight is 325 g/mol. The Labute approximate surface area is 118 Å². The maximum absolute atomic E-state index is 10.9. The topological polar surface area (TPSA) is 75.2 Å². The van der Waals surface area contributed by atoms with Gasteiger partial charge in [-0.1, -0.05) is 15.9 Å². The molecule has 0 radical (unpaired) electrons. The van der Waals surface area contributed by atoms with Crippen LogP contribution >= 0.6 is 15.9 Å². The Balaban J connectivity index is 2.69. The Morgan fingerprint density at radius 2 is 2.11 bits per heavy atom. The van der Waals surface area contributed by atoms with Crippen LogP contribution in [-0.2, 0) is 0 Å². The van der Waals surface area contributed by atoms with Crippen LogP contribution in [0.4, 0.5) is 0 Å². The van der Waals surface area contributed by atoms with Gasteiger partial charge >= 0.3 is 5.97 Å². The summed E-state index contributed by atoms with van der Waals surface area (Å²) in [5.74, 6) is -0.341. The van der Waals surface area contributed by atoms with E-state index in [4.69, 9.17) is 9.84 Å². The number of methoxy groups -OCH3 is 1. The van der Waals surface area contributed by atoms with Crippen LogP contribution in [0.5, 0.6) is 5.75 Å². The molecule has 1 heterocycles. The lowest BCUT2D eigenvalue weighted by molar-refractivity contribution is 0.0690. The smallest absolute Gasteiger partial charge is 0.353 e. The molecule has 2 rings (SSSR count). The molecule has 2 N–H and O–H groups in total. The van der Waals surface area contributed by atoms with Crippen LogP contribution in [0.25, 0.3) is 11.3 Å². The monoisotopic (exact) mass is 324 g/mol. The number of carboxylic acid groups (broad SMARTS) is 1. The molecule has 0 fully saturated rings. The molecule has 0 unspecified atom stereocenters. The van der Waals surface area contributed by atoms with Crippen LogP contribution < -0.4 is 4.74 Å². The van der Waals surface area contributed by atoms with Gasteiger partial charge in [0.15, 0.2) is 0 Å². The van der Waals surface area contributed by atoms with E-state index in [1.54, 1.807) is 7.11 Å². The van der Waals surface area contributed by atoms with Gasteiger partial charge in [-0.05, 0) is 37.1 Å². The van der Waals surface area contributed by atoms with Gasteiger partial charge in [0.05, 0.1) is 12.8 Å². The maximum Gasteiger partial charge on any atom is 0.353 e. The first-order valence-electron chi connectivity index (χ1n) is 5.58. The van der Waals surface area contributed by atoms with E-state index >= 15 is 0 Å². The number of rotatable bonds is 3. The van der Waals surface area contributed by atoms with Gasteiger partial charge in [-0.15, -0.1) is 0 Å². The molecule has 0 amide bonds. The standard InChI is InChI=1S/C13H13BrN2O3/c1-6-4-8(14)7(2)11(12(6)19-3)9-5-10(13(17)18)16-15-9/h4-5H,1-3H3,(H,15,16)(H,17,18). The maximum atomic E-state index is 10.9. The highest BCUT2D eigenvalue weighted by Crippen LogP contribution is 2.38. The fourth-order valence-electron chi connectivity index (χ4n) is 1.98. The number of hydrogen-bond acceptors (Lipinski definition) is 3. The minimum Gasteiger partial charge on any atom is -0.496 e. The van der Waals surface area contributed by atoms with Crippen molar-refractivity contribution in [2.45, 2.75) is 13.8 Å². The minimum absolute atomic E-state index is 0.0501. The van der Waals surface area contributed by atoms with Gasteiger partial charge < -0.3 is 9.84 Å². The highest BCUT2D eigenvalue weighted by atomic mass is 79.9. The van der Waals surface area contributed by atoms with Crippen molar-refractivity contribution in [3.63, 3.8) is 0 Å². The van der Waals surface area contributed by atoms with Crippen molar-refractivity contribution < 1.29 is 14.6 Å². The highest BCUT2D eigenvalue weighted by molar-refractivity contribution is 9.10. The highest BCUT2D eigenvalue weighted by Gasteiger charge is 2.18. The van der Waals surface area contributed by atoms with Crippen molar-refractivity contribution in [1.82, 2.24) is 10.2 Å². The lowest BCUT2D eigenvalue weighted by Gasteiger charge is -2.14. The van der Waals surface area contributed by atoms with Gasteiger partial charge in [-0.25, -0.2) is 4.79 Å². The lowest BCUT2D eigenvalue weighted by atomic mass is 10.0. The molecule has 0 saturated heterocycles. The number of H-pyrrole nitrogens is 1. The number of ether oxygens (including phenoxy) is 1. The second-order valence-corrected chi connectivity index (χ2v) is 5.03. The van der Waals surface area contributed by atoms with Gasteiger partial charge in [0.25, 0.3) is 0 Å². The molecule has 0 aliphatic rings. The number of benzene rings is 1. The van der Waals surface area contributed by atoms with Crippen molar-refractivity contribution in [3.05, 3.63) is 33.4 Å². The van der Waals surface area contributed by atoms with Crippen LogP contribution in [0.2, 0.25) is 0 Å². The number of aromatic nitrogens is 2. The fourth-order valence-corrected chi connectivity index (χ4v) is 2.52. The van der Waals surface area contributed by atoms with Crippen LogP contribution in [0.3, 0.4) is 0 Å². The molecule has 1 aromatic carbocycles. The van der Waals surface area contributed by atoms with E-state index in [-0.39, 0.29) is 5.69 Å². The number of carbonyl (C=O) groups is 1. The Kier molecular flexibility index (Phi) is 3.61. The fraction of sp³-hybridized carbons (Fsp3) is 0.231. The second-order valence-electron chi connectivity index (χ2n) is 4.18. The van der Waals surface area contributed by atoms with Gasteiger partial charge in [0, 0.05) is 10.0 Å². The summed E-state index contributed by atoms with van der Waals surface area (Å²) in [6, 6.07) is 3.46. The third kappa shape index (κ3) is 2.35. The average Bonchev–Trinajstić information content (AvgIpc) is 2.82. The Morgan fingerprint density at radius 1 is 1.42 bits per heavy atom. The first kappa shape index (κ1) is 13.6. The van der Waals surface area contributed by atoms with Crippen molar-refractivity contribution in [1.29, 1.82) is 0 Å². The summed E-state index contributed by atoms with van der Waals surface area (Å²) in [7, 11) is 1.59. The Hall–Kier alpha value is -1.82. The SMILES string of the molecule is COc1c(C)cc(Br)c(C)c1-c1cc(C(=O)O)[nH]n1. The first-order valence-corrected chi connectivity index (χ1v) is 6.37. The molecule has 19 heavy (non-hydrogen) atoms. The van der Waals surface area contributed by atoms with E-state index < -0.39 is 5.97 Å². The summed E-state index contributed by atoms with van der Waals surface area (Å²) < 4.78 is 6.35. The number of nitrogens with zero attached hydrogens (tertiary/aromatic N) is 1. The number of aryl methyl sites for hydroxylation is 1. The number of halogens is 1. The summed E-state index contributed by atoms with van der Waals surface area (Å²) in [5.41, 5.74) is 3.30. The zero-order valence-electron chi connectivity index (χ0n) is 10.7. The van der Waals surface area contributed by atoms with Crippen LogP contribution in [0.15, 0.2) is 16.6 Å². The summed E-state index contributed by atoms with van der Waals surface area (Å²) in [4.78, 5) is 10.9. The number of aromatic amines is 1. The zero-order valence-corrected chi connectivity index (χ0v) is 12.3. The lowest BCUT2D eigenvalue weighted by Crippen LogP contribution is -1.96. The molecular weight excluding hydrogens is 312 g/mol. The first-order chi connectivity index (χ1) is 8.95.